The van der Waals surface area contributed by atoms with E-state index < -0.39 is 28.1 Å². The lowest BCUT2D eigenvalue weighted by Gasteiger charge is -2.21. The van der Waals surface area contributed by atoms with Crippen LogP contribution < -0.4 is 4.74 Å². The lowest BCUT2D eigenvalue weighted by molar-refractivity contribution is -0.140. The van der Waals surface area contributed by atoms with E-state index in [1.54, 1.807) is 0 Å². The van der Waals surface area contributed by atoms with Crippen molar-refractivity contribution in [2.45, 2.75) is 23.5 Å². The number of rotatable bonds is 4. The summed E-state index contributed by atoms with van der Waals surface area (Å²) in [5.41, 5.74) is 0. The van der Waals surface area contributed by atoms with Gasteiger partial charge in [0.1, 0.15) is 11.8 Å². The highest BCUT2D eigenvalue weighted by molar-refractivity contribution is 7.89. The molecule has 21 heavy (non-hydrogen) atoms. The zero-order valence-electron chi connectivity index (χ0n) is 11.1. The quantitative estimate of drug-likeness (QED) is 0.833. The average Bonchev–Trinajstić information content (AvgIpc) is 2.81. The van der Waals surface area contributed by atoms with Gasteiger partial charge in [0, 0.05) is 13.0 Å². The van der Waals surface area contributed by atoms with Crippen molar-refractivity contribution in [1.29, 1.82) is 0 Å². The Kier molecular flexibility index (Phi) is 4.43. The SMILES string of the molecule is COc1ccc(S(=O)(=O)N2C[C@@H](O)C[C@H]2C(=O)O)cc1Cl. The Balaban J connectivity index is 2.42. The Bertz CT molecular complexity index is 662. The summed E-state index contributed by atoms with van der Waals surface area (Å²) >= 11 is 5.90. The molecule has 0 aliphatic carbocycles. The zero-order valence-corrected chi connectivity index (χ0v) is 12.6. The number of nitrogens with zero attached hydrogens (tertiary/aromatic N) is 1. The number of ether oxygens (including phenoxy) is 1. The van der Waals surface area contributed by atoms with Gasteiger partial charge < -0.3 is 14.9 Å². The van der Waals surface area contributed by atoms with Crippen molar-refractivity contribution in [2.75, 3.05) is 13.7 Å². The van der Waals surface area contributed by atoms with E-state index in [0.29, 0.717) is 5.75 Å². The molecule has 2 rings (SSSR count). The van der Waals surface area contributed by atoms with Crippen LogP contribution in [0.25, 0.3) is 0 Å². The molecule has 0 bridgehead atoms. The number of hydrogen-bond acceptors (Lipinski definition) is 5. The number of β-amino-alcohol motifs (C(OH)–C–C–N with tert-alkyl or cyclic N) is 1. The van der Waals surface area contributed by atoms with Gasteiger partial charge in [-0.15, -0.1) is 0 Å². The number of carboxylic acid groups (broad SMARTS) is 1. The molecular formula is C12H14ClNO6S. The van der Waals surface area contributed by atoms with E-state index in [2.05, 4.69) is 0 Å². The molecule has 1 saturated heterocycles. The minimum absolute atomic E-state index is 0.102. The average molecular weight is 336 g/mol. The van der Waals surface area contributed by atoms with Gasteiger partial charge in [-0.25, -0.2) is 8.42 Å². The van der Waals surface area contributed by atoms with E-state index in [0.717, 1.165) is 4.31 Å². The van der Waals surface area contributed by atoms with Gasteiger partial charge in [0.25, 0.3) is 0 Å². The van der Waals surface area contributed by atoms with Crippen molar-refractivity contribution in [2.24, 2.45) is 0 Å². The van der Waals surface area contributed by atoms with Gasteiger partial charge in [0.15, 0.2) is 0 Å². The second-order valence-electron chi connectivity index (χ2n) is 4.61. The molecule has 0 aromatic heterocycles. The minimum atomic E-state index is -4.06. The van der Waals surface area contributed by atoms with E-state index in [9.17, 15) is 18.3 Å². The monoisotopic (exact) mass is 335 g/mol. The van der Waals surface area contributed by atoms with Gasteiger partial charge in [0.2, 0.25) is 10.0 Å². The Morgan fingerprint density at radius 1 is 1.48 bits per heavy atom. The van der Waals surface area contributed by atoms with Crippen LogP contribution in [-0.2, 0) is 14.8 Å². The number of methoxy groups -OCH3 is 1. The molecule has 7 nitrogen and oxygen atoms in total. The first-order chi connectivity index (χ1) is 9.77. The molecule has 0 radical (unpaired) electrons. The molecule has 116 valence electrons. The molecule has 2 atom stereocenters. The summed E-state index contributed by atoms with van der Waals surface area (Å²) in [5.74, 6) is -0.985. The van der Waals surface area contributed by atoms with Crippen LogP contribution in [0.15, 0.2) is 23.1 Å². The summed E-state index contributed by atoms with van der Waals surface area (Å²) in [6.07, 6.45) is -1.15. The highest BCUT2D eigenvalue weighted by atomic mass is 35.5. The van der Waals surface area contributed by atoms with Crippen molar-refractivity contribution < 1.29 is 28.2 Å². The maximum Gasteiger partial charge on any atom is 0.322 e. The second kappa shape index (κ2) is 5.80. The molecule has 1 aromatic carbocycles. The molecule has 1 aliphatic rings. The Morgan fingerprint density at radius 3 is 2.67 bits per heavy atom. The Hall–Kier alpha value is -1.35. The van der Waals surface area contributed by atoms with Crippen LogP contribution in [-0.4, -0.2) is 54.7 Å². The molecule has 0 unspecified atom stereocenters. The Morgan fingerprint density at radius 2 is 2.14 bits per heavy atom. The number of carbonyl (C=O) groups is 1. The van der Waals surface area contributed by atoms with E-state index >= 15 is 0 Å². The number of aliphatic hydroxyl groups is 1. The Labute approximate surface area is 126 Å². The summed E-state index contributed by atoms with van der Waals surface area (Å²) in [7, 11) is -2.67. The first-order valence-electron chi connectivity index (χ1n) is 6.03. The third kappa shape index (κ3) is 2.98. The third-order valence-corrected chi connectivity index (χ3v) is 5.41. The van der Waals surface area contributed by atoms with Crippen LogP contribution in [0.4, 0.5) is 0 Å². The molecule has 2 N–H and O–H groups in total. The highest BCUT2D eigenvalue weighted by Gasteiger charge is 2.43. The minimum Gasteiger partial charge on any atom is -0.495 e. The van der Waals surface area contributed by atoms with Gasteiger partial charge in [-0.1, -0.05) is 11.6 Å². The van der Waals surface area contributed by atoms with E-state index in [4.69, 9.17) is 21.4 Å². The van der Waals surface area contributed by atoms with E-state index in [-0.39, 0.29) is 22.9 Å². The first-order valence-corrected chi connectivity index (χ1v) is 7.85. The normalized spacial score (nSPS) is 23.2. The maximum atomic E-state index is 12.5. The molecule has 0 spiro atoms. The fourth-order valence-corrected chi connectivity index (χ4v) is 4.20. The van der Waals surface area contributed by atoms with Crippen LogP contribution in [0, 0.1) is 0 Å². The fraction of sp³-hybridized carbons (Fsp3) is 0.417. The number of hydrogen-bond donors (Lipinski definition) is 2. The molecule has 1 aliphatic heterocycles. The van der Waals surface area contributed by atoms with Crippen LogP contribution in [0.2, 0.25) is 5.02 Å². The summed E-state index contributed by atoms with van der Waals surface area (Å²) < 4.78 is 30.7. The molecule has 1 heterocycles. The summed E-state index contributed by atoms with van der Waals surface area (Å²) in [6.45, 7) is -0.261. The predicted octanol–water partition coefficient (Wildman–Crippen LogP) is 0.557. The van der Waals surface area contributed by atoms with Crippen molar-refractivity contribution in [3.8, 4) is 5.75 Å². The highest BCUT2D eigenvalue weighted by Crippen LogP contribution is 2.31. The van der Waals surface area contributed by atoms with Crippen molar-refractivity contribution >= 4 is 27.6 Å². The number of benzene rings is 1. The molecule has 9 heteroatoms. The summed E-state index contributed by atoms with van der Waals surface area (Å²) in [4.78, 5) is 11.0. The topological polar surface area (TPSA) is 104 Å². The number of sulfonamides is 1. The van der Waals surface area contributed by atoms with Crippen LogP contribution in [0.3, 0.4) is 0 Å². The van der Waals surface area contributed by atoms with Crippen LogP contribution in [0.1, 0.15) is 6.42 Å². The standard InChI is InChI=1S/C12H14ClNO6S/c1-20-11-3-2-8(5-9(11)13)21(18,19)14-6-7(15)4-10(14)12(16)17/h2-3,5,7,10,15H,4,6H2,1H3,(H,16,17)/t7-,10-/m0/s1. The number of halogens is 1. The lowest BCUT2D eigenvalue weighted by Crippen LogP contribution is -2.40. The van der Waals surface area contributed by atoms with Crippen molar-refractivity contribution in [3.63, 3.8) is 0 Å². The van der Waals surface area contributed by atoms with Gasteiger partial charge >= 0.3 is 5.97 Å². The van der Waals surface area contributed by atoms with Gasteiger partial charge in [-0.05, 0) is 18.2 Å². The second-order valence-corrected chi connectivity index (χ2v) is 6.91. The van der Waals surface area contributed by atoms with E-state index in [1.165, 1.54) is 25.3 Å². The first kappa shape index (κ1) is 16.0. The largest absolute Gasteiger partial charge is 0.495 e. The molecular weight excluding hydrogens is 322 g/mol. The summed E-state index contributed by atoms with van der Waals surface area (Å²) in [5, 5.41) is 18.7. The molecule has 1 fully saturated rings. The lowest BCUT2D eigenvalue weighted by atomic mass is 10.2. The number of aliphatic carboxylic acids is 1. The zero-order chi connectivity index (χ0) is 15.8. The van der Waals surface area contributed by atoms with Crippen molar-refractivity contribution in [1.82, 2.24) is 4.31 Å². The van der Waals surface area contributed by atoms with Crippen LogP contribution >= 0.6 is 11.6 Å². The molecule has 0 saturated carbocycles. The smallest absolute Gasteiger partial charge is 0.322 e. The van der Waals surface area contributed by atoms with Crippen molar-refractivity contribution in [3.05, 3.63) is 23.2 Å². The molecule has 0 amide bonds. The number of carboxylic acids is 1. The van der Waals surface area contributed by atoms with E-state index in [1.807, 2.05) is 0 Å². The fourth-order valence-electron chi connectivity index (χ4n) is 2.22. The predicted molar refractivity (Wildman–Crippen MR) is 73.9 cm³/mol. The molecule has 1 aromatic rings. The summed E-state index contributed by atoms with van der Waals surface area (Å²) in [6, 6.07) is 2.58. The number of aliphatic hydroxyl groups excluding tert-OH is 1. The van der Waals surface area contributed by atoms with Gasteiger partial charge in [-0.3, -0.25) is 4.79 Å². The van der Waals surface area contributed by atoms with Crippen LogP contribution in [0.5, 0.6) is 5.75 Å². The van der Waals surface area contributed by atoms with Gasteiger partial charge in [0.05, 0.1) is 23.1 Å². The van der Waals surface area contributed by atoms with Gasteiger partial charge in [-0.2, -0.15) is 4.31 Å². The third-order valence-electron chi connectivity index (χ3n) is 3.25. The maximum absolute atomic E-state index is 12.5.